The van der Waals surface area contributed by atoms with Crippen LogP contribution in [0.1, 0.15) is 0 Å². The Labute approximate surface area is 151 Å². The van der Waals surface area contributed by atoms with Crippen LogP contribution in [0, 0.1) is 0 Å². The summed E-state index contributed by atoms with van der Waals surface area (Å²) in [5, 5.41) is 9.43. The number of rotatable bonds is 4. The summed E-state index contributed by atoms with van der Waals surface area (Å²) in [6.45, 7) is 3.00. The fourth-order valence-corrected chi connectivity index (χ4v) is 3.11. The molecule has 2 aromatic carbocycles. The van der Waals surface area contributed by atoms with E-state index >= 15 is 0 Å². The third-order valence-electron chi connectivity index (χ3n) is 4.53. The lowest BCUT2D eigenvalue weighted by Crippen LogP contribution is -2.50. The van der Waals surface area contributed by atoms with Gasteiger partial charge in [0.25, 0.3) is 5.91 Å². The zero-order chi connectivity index (χ0) is 17.9. The molecule has 26 heavy (non-hydrogen) atoms. The quantitative estimate of drug-likeness (QED) is 0.902. The van der Waals surface area contributed by atoms with Gasteiger partial charge >= 0.3 is 0 Å². The number of ether oxygens (including phenoxy) is 3. The zero-order valence-corrected chi connectivity index (χ0v) is 14.3. The van der Waals surface area contributed by atoms with E-state index in [4.69, 9.17) is 14.2 Å². The molecular formula is C19H20N2O5. The van der Waals surface area contributed by atoms with Crippen molar-refractivity contribution >= 4 is 11.6 Å². The molecule has 2 aliphatic heterocycles. The van der Waals surface area contributed by atoms with E-state index in [0.717, 1.165) is 30.3 Å². The number of phenols is 1. The third kappa shape index (κ3) is 3.46. The number of hydrogen-bond donors (Lipinski definition) is 1. The predicted octanol–water partition coefficient (Wildman–Crippen LogP) is 1.85. The lowest BCUT2D eigenvalue weighted by atomic mass is 10.2. The van der Waals surface area contributed by atoms with Crippen molar-refractivity contribution in [2.45, 2.75) is 0 Å². The van der Waals surface area contributed by atoms with Crippen LogP contribution >= 0.6 is 0 Å². The largest absolute Gasteiger partial charge is 0.508 e. The Bertz CT molecular complexity index is 802. The molecule has 7 nitrogen and oxygen atoms in total. The molecular weight excluding hydrogens is 336 g/mol. The first kappa shape index (κ1) is 16.4. The van der Waals surface area contributed by atoms with Crippen LogP contribution in [0.3, 0.4) is 0 Å². The molecule has 4 rings (SSSR count). The molecule has 0 aliphatic carbocycles. The Morgan fingerprint density at radius 2 is 1.85 bits per heavy atom. The lowest BCUT2D eigenvalue weighted by molar-refractivity contribution is -0.133. The summed E-state index contributed by atoms with van der Waals surface area (Å²) in [5.41, 5.74) is 1.07. The maximum atomic E-state index is 12.3. The van der Waals surface area contributed by atoms with E-state index in [1.54, 1.807) is 23.1 Å². The van der Waals surface area contributed by atoms with Gasteiger partial charge in [-0.3, -0.25) is 4.79 Å². The van der Waals surface area contributed by atoms with Gasteiger partial charge in [0.1, 0.15) is 11.5 Å². The van der Waals surface area contributed by atoms with Gasteiger partial charge in [0.2, 0.25) is 6.79 Å². The number of hydrogen-bond acceptors (Lipinski definition) is 6. The van der Waals surface area contributed by atoms with Gasteiger partial charge in [-0.15, -0.1) is 0 Å². The monoisotopic (exact) mass is 356 g/mol. The summed E-state index contributed by atoms with van der Waals surface area (Å²) in [5.74, 6) is 2.08. The molecule has 1 N–H and O–H groups in total. The molecule has 7 heteroatoms. The first-order valence-electron chi connectivity index (χ1n) is 8.53. The SMILES string of the molecule is O=C(COc1cccc(O)c1)N1CCN(c2ccc3c(c2)OCO3)CC1. The number of benzene rings is 2. The van der Waals surface area contributed by atoms with Gasteiger partial charge in [0, 0.05) is 44.0 Å². The van der Waals surface area contributed by atoms with Crippen molar-refractivity contribution in [1.82, 2.24) is 4.90 Å². The van der Waals surface area contributed by atoms with Crippen LogP contribution in [-0.4, -0.2) is 55.5 Å². The average molecular weight is 356 g/mol. The molecule has 1 amide bonds. The standard InChI is InChI=1S/C19H20N2O5/c22-15-2-1-3-16(11-15)24-12-19(23)21-8-6-20(7-9-21)14-4-5-17-18(10-14)26-13-25-17/h1-5,10-11,22H,6-9,12-13H2. The minimum absolute atomic E-state index is 0.0342. The zero-order valence-electron chi connectivity index (χ0n) is 14.3. The number of piperazine rings is 1. The van der Waals surface area contributed by atoms with E-state index in [-0.39, 0.29) is 25.1 Å². The van der Waals surface area contributed by atoms with Gasteiger partial charge in [-0.05, 0) is 24.3 Å². The molecule has 0 saturated carbocycles. The number of nitrogens with zero attached hydrogens (tertiary/aromatic N) is 2. The second-order valence-electron chi connectivity index (χ2n) is 6.19. The highest BCUT2D eigenvalue weighted by Crippen LogP contribution is 2.35. The van der Waals surface area contributed by atoms with E-state index in [2.05, 4.69) is 4.90 Å². The van der Waals surface area contributed by atoms with Gasteiger partial charge in [-0.2, -0.15) is 0 Å². The highest BCUT2D eigenvalue weighted by Gasteiger charge is 2.23. The van der Waals surface area contributed by atoms with E-state index in [0.29, 0.717) is 18.8 Å². The van der Waals surface area contributed by atoms with Crippen LogP contribution in [0.15, 0.2) is 42.5 Å². The topological polar surface area (TPSA) is 71.5 Å². The van der Waals surface area contributed by atoms with Crippen LogP contribution in [0.25, 0.3) is 0 Å². The fourth-order valence-electron chi connectivity index (χ4n) is 3.11. The second-order valence-corrected chi connectivity index (χ2v) is 6.19. The molecule has 0 atom stereocenters. The van der Waals surface area contributed by atoms with E-state index < -0.39 is 0 Å². The first-order valence-corrected chi connectivity index (χ1v) is 8.53. The van der Waals surface area contributed by atoms with E-state index in [1.807, 2.05) is 18.2 Å². The molecule has 0 bridgehead atoms. The number of carbonyl (C=O) groups excluding carboxylic acids is 1. The molecule has 1 fully saturated rings. The van der Waals surface area contributed by atoms with Gasteiger partial charge in [-0.25, -0.2) is 0 Å². The minimum atomic E-state index is -0.0568. The van der Waals surface area contributed by atoms with Gasteiger partial charge in [-0.1, -0.05) is 6.07 Å². The number of phenolic OH excluding ortho intramolecular Hbond substituents is 1. The Hall–Kier alpha value is -3.09. The molecule has 136 valence electrons. The fraction of sp³-hybridized carbons (Fsp3) is 0.316. The number of aromatic hydroxyl groups is 1. The molecule has 2 aliphatic rings. The highest BCUT2D eigenvalue weighted by atomic mass is 16.7. The average Bonchev–Trinajstić information content (AvgIpc) is 3.14. The lowest BCUT2D eigenvalue weighted by Gasteiger charge is -2.36. The third-order valence-corrected chi connectivity index (χ3v) is 4.53. The van der Waals surface area contributed by atoms with Crippen LogP contribution in [0.5, 0.6) is 23.0 Å². The van der Waals surface area contributed by atoms with Crippen molar-refractivity contribution in [3.63, 3.8) is 0 Å². The Kier molecular flexibility index (Phi) is 4.43. The van der Waals surface area contributed by atoms with Crippen LogP contribution in [-0.2, 0) is 4.79 Å². The minimum Gasteiger partial charge on any atom is -0.508 e. The predicted molar refractivity (Wildman–Crippen MR) is 95.0 cm³/mol. The Morgan fingerprint density at radius 3 is 2.65 bits per heavy atom. The van der Waals surface area contributed by atoms with Gasteiger partial charge in [0.15, 0.2) is 18.1 Å². The van der Waals surface area contributed by atoms with Crippen molar-refractivity contribution in [3.8, 4) is 23.0 Å². The summed E-state index contributed by atoms with van der Waals surface area (Å²) in [6, 6.07) is 12.3. The highest BCUT2D eigenvalue weighted by molar-refractivity contribution is 5.78. The molecule has 2 heterocycles. The van der Waals surface area contributed by atoms with Crippen LogP contribution in [0.2, 0.25) is 0 Å². The first-order chi connectivity index (χ1) is 12.7. The maximum Gasteiger partial charge on any atom is 0.260 e. The summed E-state index contributed by atoms with van der Waals surface area (Å²) < 4.78 is 16.2. The van der Waals surface area contributed by atoms with Crippen molar-refractivity contribution in [1.29, 1.82) is 0 Å². The normalized spacial score (nSPS) is 15.8. The molecule has 0 aromatic heterocycles. The van der Waals surface area contributed by atoms with Crippen molar-refractivity contribution in [2.75, 3.05) is 44.5 Å². The summed E-state index contributed by atoms with van der Waals surface area (Å²) in [4.78, 5) is 16.4. The summed E-state index contributed by atoms with van der Waals surface area (Å²) >= 11 is 0. The maximum absolute atomic E-state index is 12.3. The van der Waals surface area contributed by atoms with Crippen molar-refractivity contribution in [2.24, 2.45) is 0 Å². The summed E-state index contributed by atoms with van der Waals surface area (Å²) in [6.07, 6.45) is 0. The molecule has 0 radical (unpaired) electrons. The number of anilines is 1. The smallest absolute Gasteiger partial charge is 0.260 e. The molecule has 0 spiro atoms. The Morgan fingerprint density at radius 1 is 1.04 bits per heavy atom. The molecule has 2 aromatic rings. The van der Waals surface area contributed by atoms with Crippen molar-refractivity contribution in [3.05, 3.63) is 42.5 Å². The van der Waals surface area contributed by atoms with Gasteiger partial charge < -0.3 is 29.1 Å². The van der Waals surface area contributed by atoms with Gasteiger partial charge in [0.05, 0.1) is 0 Å². The number of amides is 1. The summed E-state index contributed by atoms with van der Waals surface area (Å²) in [7, 11) is 0. The van der Waals surface area contributed by atoms with Crippen LogP contribution < -0.4 is 19.1 Å². The van der Waals surface area contributed by atoms with E-state index in [9.17, 15) is 9.90 Å². The number of carbonyl (C=O) groups is 1. The second kappa shape index (κ2) is 7.03. The van der Waals surface area contributed by atoms with Crippen molar-refractivity contribution < 1.29 is 24.1 Å². The van der Waals surface area contributed by atoms with Crippen LogP contribution in [0.4, 0.5) is 5.69 Å². The number of fused-ring (bicyclic) bond motifs is 1. The van der Waals surface area contributed by atoms with E-state index in [1.165, 1.54) is 6.07 Å². The Balaban J connectivity index is 1.29. The molecule has 0 unspecified atom stereocenters. The molecule has 1 saturated heterocycles.